The number of methoxy groups -OCH3 is 1. The standard InChI is InChI=1S/C16H13NO4/c1-20-15-12(10-18)3-2-4-14(15)16(19)21-13-7-5-11(9-17)6-8-13/h2-8,18H,10H2,1H3. The molecule has 0 saturated heterocycles. The van der Waals surface area contributed by atoms with Crippen LogP contribution >= 0.6 is 0 Å². The van der Waals surface area contributed by atoms with E-state index in [-0.39, 0.29) is 12.2 Å². The van der Waals surface area contributed by atoms with E-state index in [4.69, 9.17) is 14.7 Å². The Morgan fingerprint density at radius 3 is 2.52 bits per heavy atom. The molecular formula is C16H13NO4. The van der Waals surface area contributed by atoms with Gasteiger partial charge in [0.1, 0.15) is 17.1 Å². The Bertz CT molecular complexity index is 686. The third-order valence-electron chi connectivity index (χ3n) is 2.88. The Hall–Kier alpha value is -2.84. The average molecular weight is 283 g/mol. The lowest BCUT2D eigenvalue weighted by Crippen LogP contribution is -2.11. The highest BCUT2D eigenvalue weighted by molar-refractivity contribution is 5.94. The Kier molecular flexibility index (Phi) is 4.54. The van der Waals surface area contributed by atoms with Crippen LogP contribution in [0.1, 0.15) is 21.5 Å². The number of esters is 1. The largest absolute Gasteiger partial charge is 0.495 e. The van der Waals surface area contributed by atoms with Crippen molar-refractivity contribution in [2.45, 2.75) is 6.61 Å². The molecule has 0 aliphatic rings. The molecule has 0 radical (unpaired) electrons. The summed E-state index contributed by atoms with van der Waals surface area (Å²) in [7, 11) is 1.42. The van der Waals surface area contributed by atoms with Crippen molar-refractivity contribution in [2.24, 2.45) is 0 Å². The van der Waals surface area contributed by atoms with Crippen molar-refractivity contribution in [3.05, 3.63) is 59.2 Å². The van der Waals surface area contributed by atoms with Gasteiger partial charge < -0.3 is 14.6 Å². The Morgan fingerprint density at radius 1 is 1.24 bits per heavy atom. The van der Waals surface area contributed by atoms with Crippen LogP contribution in [0.15, 0.2) is 42.5 Å². The van der Waals surface area contributed by atoms with Crippen molar-refractivity contribution in [3.63, 3.8) is 0 Å². The number of hydrogen-bond acceptors (Lipinski definition) is 5. The lowest BCUT2D eigenvalue weighted by Gasteiger charge is -2.11. The van der Waals surface area contributed by atoms with E-state index in [9.17, 15) is 9.90 Å². The van der Waals surface area contributed by atoms with Crippen LogP contribution in [0.4, 0.5) is 0 Å². The summed E-state index contributed by atoms with van der Waals surface area (Å²) in [5.74, 6) is 0.0287. The number of carbonyl (C=O) groups is 1. The summed E-state index contributed by atoms with van der Waals surface area (Å²) in [6, 6.07) is 13.1. The first-order chi connectivity index (χ1) is 10.2. The maximum Gasteiger partial charge on any atom is 0.347 e. The van der Waals surface area contributed by atoms with E-state index in [0.29, 0.717) is 22.6 Å². The summed E-state index contributed by atoms with van der Waals surface area (Å²) in [5, 5.41) is 18.0. The first-order valence-corrected chi connectivity index (χ1v) is 6.18. The summed E-state index contributed by atoms with van der Waals surface area (Å²) < 4.78 is 10.4. The maximum absolute atomic E-state index is 12.2. The molecule has 0 aliphatic carbocycles. The van der Waals surface area contributed by atoms with E-state index in [2.05, 4.69) is 0 Å². The SMILES string of the molecule is COc1c(CO)cccc1C(=O)Oc1ccc(C#N)cc1. The third kappa shape index (κ3) is 3.19. The molecular weight excluding hydrogens is 270 g/mol. The number of carbonyl (C=O) groups excluding carboxylic acids is 1. The fourth-order valence-corrected chi connectivity index (χ4v) is 1.87. The minimum Gasteiger partial charge on any atom is -0.495 e. The number of hydrogen-bond donors (Lipinski definition) is 1. The summed E-state index contributed by atoms with van der Waals surface area (Å²) in [5.41, 5.74) is 1.22. The van der Waals surface area contributed by atoms with Gasteiger partial charge in [-0.15, -0.1) is 0 Å². The number of nitriles is 1. The molecule has 0 aliphatic heterocycles. The van der Waals surface area contributed by atoms with E-state index in [1.165, 1.54) is 7.11 Å². The highest BCUT2D eigenvalue weighted by Crippen LogP contribution is 2.25. The van der Waals surface area contributed by atoms with Gasteiger partial charge in [0.2, 0.25) is 0 Å². The van der Waals surface area contributed by atoms with Crippen molar-refractivity contribution in [1.82, 2.24) is 0 Å². The molecule has 0 bridgehead atoms. The predicted molar refractivity (Wildman–Crippen MR) is 75.0 cm³/mol. The molecule has 2 rings (SSSR count). The van der Waals surface area contributed by atoms with Crippen molar-refractivity contribution in [1.29, 1.82) is 5.26 Å². The van der Waals surface area contributed by atoms with Gasteiger partial charge in [-0.1, -0.05) is 12.1 Å². The first-order valence-electron chi connectivity index (χ1n) is 6.18. The molecule has 5 nitrogen and oxygen atoms in total. The lowest BCUT2D eigenvalue weighted by molar-refractivity contribution is 0.0731. The Balaban J connectivity index is 2.26. The molecule has 0 unspecified atom stereocenters. The molecule has 0 aromatic heterocycles. The van der Waals surface area contributed by atoms with E-state index in [0.717, 1.165) is 0 Å². The monoisotopic (exact) mass is 283 g/mol. The maximum atomic E-state index is 12.2. The number of aliphatic hydroxyl groups is 1. The quantitative estimate of drug-likeness (QED) is 0.688. The van der Waals surface area contributed by atoms with Crippen LogP contribution in [0.5, 0.6) is 11.5 Å². The van der Waals surface area contributed by atoms with Crippen molar-refractivity contribution < 1.29 is 19.4 Å². The third-order valence-corrected chi connectivity index (χ3v) is 2.88. The fourth-order valence-electron chi connectivity index (χ4n) is 1.87. The van der Waals surface area contributed by atoms with E-state index < -0.39 is 5.97 Å². The number of nitrogens with zero attached hydrogens (tertiary/aromatic N) is 1. The van der Waals surface area contributed by atoms with Crippen molar-refractivity contribution in [3.8, 4) is 17.6 Å². The van der Waals surface area contributed by atoms with Gasteiger partial charge in [0.15, 0.2) is 0 Å². The second kappa shape index (κ2) is 6.55. The zero-order valence-electron chi connectivity index (χ0n) is 11.4. The van der Waals surface area contributed by atoms with E-state index >= 15 is 0 Å². The molecule has 21 heavy (non-hydrogen) atoms. The molecule has 1 N–H and O–H groups in total. The number of para-hydroxylation sites is 1. The van der Waals surface area contributed by atoms with Crippen LogP contribution in [0.2, 0.25) is 0 Å². The minimum atomic E-state index is -0.591. The van der Waals surface area contributed by atoms with Gasteiger partial charge in [-0.3, -0.25) is 0 Å². The second-order valence-electron chi connectivity index (χ2n) is 4.18. The topological polar surface area (TPSA) is 79.6 Å². The van der Waals surface area contributed by atoms with Crippen LogP contribution < -0.4 is 9.47 Å². The molecule has 2 aromatic carbocycles. The normalized spacial score (nSPS) is 9.76. The lowest BCUT2D eigenvalue weighted by atomic mass is 10.1. The Morgan fingerprint density at radius 2 is 1.95 bits per heavy atom. The van der Waals surface area contributed by atoms with Crippen molar-refractivity contribution in [2.75, 3.05) is 7.11 Å². The molecule has 0 amide bonds. The van der Waals surface area contributed by atoms with Crippen LogP contribution in [-0.4, -0.2) is 18.2 Å². The fraction of sp³-hybridized carbons (Fsp3) is 0.125. The molecule has 0 heterocycles. The number of rotatable bonds is 4. The Labute approximate surface area is 122 Å². The first kappa shape index (κ1) is 14.6. The molecule has 2 aromatic rings. The van der Waals surface area contributed by atoms with E-state index in [1.54, 1.807) is 42.5 Å². The van der Waals surface area contributed by atoms with Crippen LogP contribution in [0.3, 0.4) is 0 Å². The molecule has 0 atom stereocenters. The van der Waals surface area contributed by atoms with Gasteiger partial charge in [-0.25, -0.2) is 4.79 Å². The summed E-state index contributed by atoms with van der Waals surface area (Å²) >= 11 is 0. The van der Waals surface area contributed by atoms with Gasteiger partial charge in [0.05, 0.1) is 25.3 Å². The van der Waals surface area contributed by atoms with Gasteiger partial charge in [0, 0.05) is 5.56 Å². The van der Waals surface area contributed by atoms with E-state index in [1.807, 2.05) is 6.07 Å². The molecule has 0 spiro atoms. The van der Waals surface area contributed by atoms with Gasteiger partial charge >= 0.3 is 5.97 Å². The average Bonchev–Trinajstić information content (AvgIpc) is 2.54. The van der Waals surface area contributed by atoms with Crippen LogP contribution in [0.25, 0.3) is 0 Å². The molecule has 0 fully saturated rings. The predicted octanol–water partition coefficient (Wildman–Crippen LogP) is 2.28. The summed E-state index contributed by atoms with van der Waals surface area (Å²) in [4.78, 5) is 12.2. The summed E-state index contributed by atoms with van der Waals surface area (Å²) in [6.07, 6.45) is 0. The highest BCUT2D eigenvalue weighted by atomic mass is 16.5. The highest BCUT2D eigenvalue weighted by Gasteiger charge is 2.17. The zero-order chi connectivity index (χ0) is 15.2. The van der Waals surface area contributed by atoms with Crippen LogP contribution in [-0.2, 0) is 6.61 Å². The number of aliphatic hydroxyl groups excluding tert-OH is 1. The summed E-state index contributed by atoms with van der Waals surface area (Å²) in [6.45, 7) is -0.235. The van der Waals surface area contributed by atoms with Gasteiger partial charge in [-0.05, 0) is 30.3 Å². The minimum absolute atomic E-state index is 0.230. The van der Waals surface area contributed by atoms with Gasteiger partial charge in [-0.2, -0.15) is 5.26 Å². The zero-order valence-corrected chi connectivity index (χ0v) is 11.4. The molecule has 5 heteroatoms. The number of ether oxygens (including phenoxy) is 2. The number of benzene rings is 2. The van der Waals surface area contributed by atoms with Crippen molar-refractivity contribution >= 4 is 5.97 Å². The second-order valence-corrected chi connectivity index (χ2v) is 4.18. The smallest absolute Gasteiger partial charge is 0.347 e. The van der Waals surface area contributed by atoms with Crippen LogP contribution in [0, 0.1) is 11.3 Å². The molecule has 0 saturated carbocycles. The van der Waals surface area contributed by atoms with Gasteiger partial charge in [0.25, 0.3) is 0 Å². The molecule has 106 valence electrons.